The molecule has 0 radical (unpaired) electrons. The number of allylic oxidation sites excluding steroid dienone is 1. The lowest BCUT2D eigenvalue weighted by Gasteiger charge is -2.04. The first kappa shape index (κ1) is 16.2. The van der Waals surface area contributed by atoms with Crippen LogP contribution >= 0.6 is 0 Å². The molecule has 2 N–H and O–H groups in total. The quantitative estimate of drug-likeness (QED) is 0.788. The van der Waals surface area contributed by atoms with E-state index in [2.05, 4.69) is 4.98 Å². The van der Waals surface area contributed by atoms with E-state index in [9.17, 15) is 9.50 Å². The fraction of sp³-hybridized carbons (Fsp3) is 0.278. The number of hydrogen-bond acceptors (Lipinski definition) is 3. The number of rotatable bonds is 6. The molecule has 0 saturated heterocycles. The first-order valence-corrected chi connectivity index (χ1v) is 7.36. The van der Waals surface area contributed by atoms with Gasteiger partial charge in [0.05, 0.1) is 18.0 Å². The van der Waals surface area contributed by atoms with Gasteiger partial charge in [0.1, 0.15) is 11.6 Å². The van der Waals surface area contributed by atoms with Crippen molar-refractivity contribution in [1.29, 1.82) is 0 Å². The molecule has 1 unspecified atom stereocenters. The van der Waals surface area contributed by atoms with Crippen molar-refractivity contribution in [2.45, 2.75) is 32.3 Å². The third-order valence-electron chi connectivity index (χ3n) is 3.32. The number of aromatic nitrogens is 1. The monoisotopic (exact) mass is 301 g/mol. The van der Waals surface area contributed by atoms with Crippen LogP contribution in [-0.4, -0.2) is 21.3 Å². The molecule has 1 atom stereocenters. The molecule has 22 heavy (non-hydrogen) atoms. The SMILES string of the molecule is CC(O)CCCC=Cc1ccc(-c2ccc(O)cn2)c(F)c1. The van der Waals surface area contributed by atoms with Gasteiger partial charge in [0.2, 0.25) is 0 Å². The summed E-state index contributed by atoms with van der Waals surface area (Å²) in [5, 5.41) is 18.4. The summed E-state index contributed by atoms with van der Waals surface area (Å²) in [6, 6.07) is 8.05. The number of benzene rings is 1. The molecule has 1 aromatic carbocycles. The number of pyridine rings is 1. The van der Waals surface area contributed by atoms with Crippen molar-refractivity contribution in [3.8, 4) is 17.0 Å². The van der Waals surface area contributed by atoms with Gasteiger partial charge in [0.15, 0.2) is 0 Å². The van der Waals surface area contributed by atoms with Gasteiger partial charge in [-0.2, -0.15) is 0 Å². The first-order valence-electron chi connectivity index (χ1n) is 7.36. The van der Waals surface area contributed by atoms with Gasteiger partial charge in [-0.3, -0.25) is 4.98 Å². The highest BCUT2D eigenvalue weighted by Crippen LogP contribution is 2.23. The van der Waals surface area contributed by atoms with Gasteiger partial charge in [0.25, 0.3) is 0 Å². The molecular formula is C18H20FNO2. The lowest BCUT2D eigenvalue weighted by molar-refractivity contribution is 0.182. The Bertz CT molecular complexity index is 636. The number of aromatic hydroxyl groups is 1. The maximum atomic E-state index is 14.1. The molecule has 0 saturated carbocycles. The number of aliphatic hydroxyl groups is 1. The van der Waals surface area contributed by atoms with Gasteiger partial charge in [-0.25, -0.2) is 4.39 Å². The van der Waals surface area contributed by atoms with E-state index in [1.807, 2.05) is 18.2 Å². The Labute approximate surface area is 129 Å². The second-order valence-corrected chi connectivity index (χ2v) is 5.32. The van der Waals surface area contributed by atoms with Crippen molar-refractivity contribution in [3.05, 3.63) is 54.0 Å². The largest absolute Gasteiger partial charge is 0.506 e. The maximum absolute atomic E-state index is 14.1. The standard InChI is InChI=1S/C18H20FNO2/c1-13(21)5-3-2-4-6-14-7-9-16(17(19)11-14)18-10-8-15(22)12-20-18/h4,6-13,21-22H,2-3,5H2,1H3. The van der Waals surface area contributed by atoms with Crippen LogP contribution in [0.4, 0.5) is 4.39 Å². The summed E-state index contributed by atoms with van der Waals surface area (Å²) in [6.07, 6.45) is 7.41. The van der Waals surface area contributed by atoms with Crippen LogP contribution in [0, 0.1) is 5.82 Å². The molecule has 0 spiro atoms. The van der Waals surface area contributed by atoms with Gasteiger partial charge < -0.3 is 10.2 Å². The zero-order valence-electron chi connectivity index (χ0n) is 12.5. The van der Waals surface area contributed by atoms with Crippen LogP contribution in [0.15, 0.2) is 42.6 Å². The van der Waals surface area contributed by atoms with Crippen LogP contribution in [-0.2, 0) is 0 Å². The molecule has 1 heterocycles. The molecule has 3 nitrogen and oxygen atoms in total. The van der Waals surface area contributed by atoms with Crippen LogP contribution in [0.25, 0.3) is 17.3 Å². The van der Waals surface area contributed by atoms with Gasteiger partial charge >= 0.3 is 0 Å². The third-order valence-corrected chi connectivity index (χ3v) is 3.32. The molecule has 116 valence electrons. The maximum Gasteiger partial charge on any atom is 0.133 e. The number of unbranched alkanes of at least 4 members (excludes halogenated alkanes) is 1. The van der Waals surface area contributed by atoms with E-state index in [1.165, 1.54) is 18.3 Å². The van der Waals surface area contributed by atoms with Crippen LogP contribution in [0.1, 0.15) is 31.7 Å². The minimum Gasteiger partial charge on any atom is -0.506 e. The Kier molecular flexibility index (Phi) is 5.67. The summed E-state index contributed by atoms with van der Waals surface area (Å²) in [6.45, 7) is 1.77. The minimum atomic E-state index is -0.343. The molecule has 0 bridgehead atoms. The number of halogens is 1. The van der Waals surface area contributed by atoms with Crippen molar-refractivity contribution in [2.24, 2.45) is 0 Å². The lowest BCUT2D eigenvalue weighted by atomic mass is 10.1. The topological polar surface area (TPSA) is 53.4 Å². The second kappa shape index (κ2) is 7.71. The number of aliphatic hydroxyl groups excluding tert-OH is 1. The normalized spacial score (nSPS) is 12.7. The summed E-state index contributed by atoms with van der Waals surface area (Å²) in [5.74, 6) is -0.287. The van der Waals surface area contributed by atoms with Crippen LogP contribution in [0.2, 0.25) is 0 Å². The summed E-state index contributed by atoms with van der Waals surface area (Å²) < 4.78 is 14.1. The molecule has 0 fully saturated rings. The van der Waals surface area contributed by atoms with Gasteiger partial charge in [-0.1, -0.05) is 18.2 Å². The third kappa shape index (κ3) is 4.67. The Morgan fingerprint density at radius 2 is 2.09 bits per heavy atom. The van der Waals surface area contributed by atoms with E-state index in [0.29, 0.717) is 11.3 Å². The summed E-state index contributed by atoms with van der Waals surface area (Å²) in [4.78, 5) is 4.01. The smallest absolute Gasteiger partial charge is 0.133 e. The average Bonchev–Trinajstić information content (AvgIpc) is 2.48. The zero-order chi connectivity index (χ0) is 15.9. The summed E-state index contributed by atoms with van der Waals surface area (Å²) in [5.41, 5.74) is 1.69. The van der Waals surface area contributed by atoms with Gasteiger partial charge in [0, 0.05) is 5.56 Å². The Hall–Kier alpha value is -2.20. The fourth-order valence-corrected chi connectivity index (χ4v) is 2.14. The van der Waals surface area contributed by atoms with Crippen LogP contribution < -0.4 is 0 Å². The van der Waals surface area contributed by atoms with Crippen molar-refractivity contribution in [1.82, 2.24) is 4.98 Å². The predicted molar refractivity (Wildman–Crippen MR) is 85.9 cm³/mol. The Morgan fingerprint density at radius 1 is 1.27 bits per heavy atom. The minimum absolute atomic E-state index is 0.0564. The molecule has 2 aromatic rings. The molecule has 0 aliphatic rings. The summed E-state index contributed by atoms with van der Waals surface area (Å²) in [7, 11) is 0. The van der Waals surface area contributed by atoms with E-state index in [4.69, 9.17) is 5.11 Å². The Morgan fingerprint density at radius 3 is 2.73 bits per heavy atom. The van der Waals surface area contributed by atoms with E-state index < -0.39 is 0 Å². The predicted octanol–water partition coefficient (Wildman–Crippen LogP) is 4.16. The molecular weight excluding hydrogens is 281 g/mol. The molecule has 4 heteroatoms. The molecule has 0 aliphatic heterocycles. The van der Waals surface area contributed by atoms with Crippen LogP contribution in [0.5, 0.6) is 5.75 Å². The van der Waals surface area contributed by atoms with Crippen molar-refractivity contribution in [2.75, 3.05) is 0 Å². The Balaban J connectivity index is 2.03. The van der Waals surface area contributed by atoms with Crippen molar-refractivity contribution in [3.63, 3.8) is 0 Å². The molecule has 2 rings (SSSR count). The van der Waals surface area contributed by atoms with Gasteiger partial charge in [-0.15, -0.1) is 0 Å². The first-order chi connectivity index (χ1) is 10.6. The van der Waals surface area contributed by atoms with E-state index in [0.717, 1.165) is 24.8 Å². The number of hydrogen-bond donors (Lipinski definition) is 2. The highest BCUT2D eigenvalue weighted by atomic mass is 19.1. The highest BCUT2D eigenvalue weighted by molar-refractivity contribution is 5.63. The highest BCUT2D eigenvalue weighted by Gasteiger charge is 2.06. The van der Waals surface area contributed by atoms with Crippen molar-refractivity contribution >= 4 is 6.08 Å². The molecule has 1 aromatic heterocycles. The summed E-state index contributed by atoms with van der Waals surface area (Å²) >= 11 is 0. The van der Waals surface area contributed by atoms with E-state index in [1.54, 1.807) is 19.1 Å². The number of nitrogens with zero attached hydrogens (tertiary/aromatic N) is 1. The van der Waals surface area contributed by atoms with Crippen molar-refractivity contribution < 1.29 is 14.6 Å². The van der Waals surface area contributed by atoms with E-state index >= 15 is 0 Å². The second-order valence-electron chi connectivity index (χ2n) is 5.32. The lowest BCUT2D eigenvalue weighted by Crippen LogP contribution is -1.97. The van der Waals surface area contributed by atoms with Crippen LogP contribution in [0.3, 0.4) is 0 Å². The fourth-order valence-electron chi connectivity index (χ4n) is 2.14. The van der Waals surface area contributed by atoms with E-state index in [-0.39, 0.29) is 17.7 Å². The zero-order valence-corrected chi connectivity index (χ0v) is 12.5. The molecule has 0 amide bonds. The molecule has 0 aliphatic carbocycles. The van der Waals surface area contributed by atoms with Gasteiger partial charge in [-0.05, 0) is 56.0 Å². The average molecular weight is 301 g/mol.